The fraction of sp³-hybridized carbons (Fsp3) is 0.190. The van der Waals surface area contributed by atoms with Gasteiger partial charge in [-0.1, -0.05) is 156 Å². The lowest BCUT2D eigenvalue weighted by atomic mass is 9.86. The molecule has 0 amide bonds. The van der Waals surface area contributed by atoms with E-state index in [4.69, 9.17) is 9.47 Å². The van der Waals surface area contributed by atoms with Crippen molar-refractivity contribution < 1.29 is 9.47 Å². The minimum atomic E-state index is -0.974. The topological polar surface area (TPSA) is 18.5 Å². The van der Waals surface area contributed by atoms with Crippen molar-refractivity contribution in [1.82, 2.24) is 0 Å². The van der Waals surface area contributed by atoms with Gasteiger partial charge in [-0.15, -0.1) is 0 Å². The Morgan fingerprint density at radius 2 is 0.891 bits per heavy atom. The number of benzene rings is 5. The van der Waals surface area contributed by atoms with E-state index < -0.39 is 21.6 Å². The summed E-state index contributed by atoms with van der Waals surface area (Å²) in [6, 6.07) is 45.3. The maximum atomic E-state index is 6.43. The summed E-state index contributed by atoms with van der Waals surface area (Å²) in [6.45, 7) is 8.61. The average molecular weight is 641 g/mol. The first-order chi connectivity index (χ1) is 22.3. The van der Waals surface area contributed by atoms with Gasteiger partial charge < -0.3 is 9.47 Å². The van der Waals surface area contributed by atoms with Crippen LogP contribution in [0.1, 0.15) is 33.7 Å². The third-order valence-corrected chi connectivity index (χ3v) is 13.9. The first-order valence-corrected chi connectivity index (χ1v) is 18.5. The maximum Gasteiger partial charge on any atom is 0.198 e. The van der Waals surface area contributed by atoms with Gasteiger partial charge >= 0.3 is 0 Å². The quantitative estimate of drug-likeness (QED) is 0.119. The molecule has 0 saturated heterocycles. The van der Waals surface area contributed by atoms with Gasteiger partial charge in [-0.05, 0) is 87.0 Å². The fourth-order valence-electron chi connectivity index (χ4n) is 6.30. The molecule has 2 nitrogen and oxygen atoms in total. The van der Waals surface area contributed by atoms with E-state index in [2.05, 4.69) is 167 Å². The van der Waals surface area contributed by atoms with Crippen LogP contribution in [0.3, 0.4) is 0 Å². The van der Waals surface area contributed by atoms with Gasteiger partial charge in [0.25, 0.3) is 0 Å². The summed E-state index contributed by atoms with van der Waals surface area (Å²) >= 11 is 0. The number of methoxy groups -OCH3 is 2. The van der Waals surface area contributed by atoms with Crippen LogP contribution in [-0.4, -0.2) is 20.0 Å². The van der Waals surface area contributed by atoms with Crippen LogP contribution >= 0.6 is 15.8 Å². The molecule has 46 heavy (non-hydrogen) atoms. The number of ether oxygens (including phenoxy) is 2. The second kappa shape index (κ2) is 14.0. The lowest BCUT2D eigenvalue weighted by Crippen LogP contribution is -2.43. The normalized spacial score (nSPS) is 15.7. The third-order valence-electron chi connectivity index (χ3n) is 8.85. The van der Waals surface area contributed by atoms with Gasteiger partial charge in [-0.2, -0.15) is 0 Å². The highest BCUT2D eigenvalue weighted by molar-refractivity contribution is 7.80. The van der Waals surface area contributed by atoms with E-state index in [9.17, 15) is 0 Å². The summed E-state index contributed by atoms with van der Waals surface area (Å²) in [6.07, 6.45) is 6.54. The number of aryl methyl sites for hydroxylation is 4. The van der Waals surface area contributed by atoms with Crippen molar-refractivity contribution in [1.29, 1.82) is 0 Å². The Labute approximate surface area is 277 Å². The van der Waals surface area contributed by atoms with Crippen molar-refractivity contribution in [3.8, 4) is 0 Å². The standard InChI is InChI=1S/C42H42O2P2/c1-30-13-21-34(22-14-30)45(35-23-15-31(2)16-24-35)39-11-8-7-10-38(39)41-40(12-9-29-42(41,43-5)44-6)46(36-25-17-32(3)18-26-36)37-27-19-33(4)20-28-37/h7-29,41H,1-6H3. The Bertz CT molecular complexity index is 1740. The van der Waals surface area contributed by atoms with Gasteiger partial charge in [0.2, 0.25) is 0 Å². The molecule has 5 aromatic rings. The first-order valence-electron chi connectivity index (χ1n) is 15.8. The molecule has 1 aliphatic rings. The largest absolute Gasteiger partial charge is 0.349 e. The predicted octanol–water partition coefficient (Wildman–Crippen LogP) is 8.34. The second-order valence-electron chi connectivity index (χ2n) is 12.1. The minimum absolute atomic E-state index is 0.182. The van der Waals surface area contributed by atoms with E-state index in [1.807, 2.05) is 0 Å². The number of hydrogen-bond donors (Lipinski definition) is 0. The van der Waals surface area contributed by atoms with Crippen molar-refractivity contribution in [2.45, 2.75) is 39.4 Å². The second-order valence-corrected chi connectivity index (χ2v) is 16.5. The van der Waals surface area contributed by atoms with E-state index in [1.165, 1.54) is 59.7 Å². The maximum absolute atomic E-state index is 6.43. The Kier molecular flexibility index (Phi) is 9.84. The zero-order chi connectivity index (χ0) is 32.3. The predicted molar refractivity (Wildman–Crippen MR) is 200 cm³/mol. The Hall–Kier alpha value is -3.64. The summed E-state index contributed by atoms with van der Waals surface area (Å²) in [4.78, 5) is 0. The molecule has 1 aliphatic carbocycles. The zero-order valence-corrected chi connectivity index (χ0v) is 29.4. The zero-order valence-electron chi connectivity index (χ0n) is 27.6. The van der Waals surface area contributed by atoms with E-state index in [-0.39, 0.29) is 5.92 Å². The van der Waals surface area contributed by atoms with Crippen molar-refractivity contribution in [2.75, 3.05) is 14.2 Å². The van der Waals surface area contributed by atoms with Crippen molar-refractivity contribution in [2.24, 2.45) is 0 Å². The Morgan fingerprint density at radius 1 is 0.500 bits per heavy atom. The summed E-state index contributed by atoms with van der Waals surface area (Å²) in [7, 11) is 1.75. The minimum Gasteiger partial charge on any atom is -0.349 e. The molecule has 0 N–H and O–H groups in total. The van der Waals surface area contributed by atoms with E-state index in [1.54, 1.807) is 14.2 Å². The molecule has 6 rings (SSSR count). The molecule has 232 valence electrons. The molecule has 5 aromatic carbocycles. The van der Waals surface area contributed by atoms with Gasteiger partial charge in [0, 0.05) is 14.2 Å². The van der Waals surface area contributed by atoms with Crippen molar-refractivity contribution >= 4 is 42.4 Å². The highest BCUT2D eigenvalue weighted by Crippen LogP contribution is 2.56. The van der Waals surface area contributed by atoms with Gasteiger partial charge in [-0.3, -0.25) is 0 Å². The van der Waals surface area contributed by atoms with E-state index >= 15 is 0 Å². The monoisotopic (exact) mass is 640 g/mol. The summed E-state index contributed by atoms with van der Waals surface area (Å²) < 4.78 is 12.9. The van der Waals surface area contributed by atoms with Gasteiger partial charge in [-0.25, -0.2) is 0 Å². The van der Waals surface area contributed by atoms with Gasteiger partial charge in [0.1, 0.15) is 0 Å². The van der Waals surface area contributed by atoms with Crippen LogP contribution in [0.5, 0.6) is 0 Å². The van der Waals surface area contributed by atoms with Gasteiger partial charge in [0.05, 0.1) is 5.92 Å². The summed E-state index contributed by atoms with van der Waals surface area (Å²) in [5.74, 6) is -1.16. The Balaban J connectivity index is 1.61. The van der Waals surface area contributed by atoms with Crippen LogP contribution in [0.4, 0.5) is 0 Å². The molecular formula is C42H42O2P2. The molecular weight excluding hydrogens is 598 g/mol. The molecule has 0 heterocycles. The number of hydrogen-bond acceptors (Lipinski definition) is 2. The van der Waals surface area contributed by atoms with Crippen LogP contribution in [-0.2, 0) is 9.47 Å². The van der Waals surface area contributed by atoms with Crippen LogP contribution in [0, 0.1) is 27.7 Å². The van der Waals surface area contributed by atoms with Crippen LogP contribution in [0.2, 0.25) is 0 Å². The lowest BCUT2D eigenvalue weighted by molar-refractivity contribution is -0.179. The summed E-state index contributed by atoms with van der Waals surface area (Å²) in [5.41, 5.74) is 6.27. The molecule has 1 unspecified atom stereocenters. The number of rotatable bonds is 9. The van der Waals surface area contributed by atoms with Crippen molar-refractivity contribution in [3.63, 3.8) is 0 Å². The molecule has 0 saturated carbocycles. The molecule has 0 bridgehead atoms. The highest BCUT2D eigenvalue weighted by Gasteiger charge is 2.46. The van der Waals surface area contributed by atoms with E-state index in [0.717, 1.165) is 0 Å². The molecule has 0 radical (unpaired) electrons. The lowest BCUT2D eigenvalue weighted by Gasteiger charge is -2.43. The molecule has 0 aliphatic heterocycles. The average Bonchev–Trinajstić information content (AvgIpc) is 3.08. The molecule has 0 aromatic heterocycles. The highest BCUT2D eigenvalue weighted by atomic mass is 31.1. The molecule has 0 spiro atoms. The molecule has 1 atom stereocenters. The molecule has 0 fully saturated rings. The number of allylic oxidation sites excluding steroid dienone is 2. The Morgan fingerprint density at radius 3 is 1.30 bits per heavy atom. The van der Waals surface area contributed by atoms with E-state index in [0.29, 0.717) is 0 Å². The third kappa shape index (κ3) is 6.46. The van der Waals surface area contributed by atoms with Crippen molar-refractivity contribution in [3.05, 3.63) is 173 Å². The fourth-order valence-corrected chi connectivity index (χ4v) is 11.3. The smallest absolute Gasteiger partial charge is 0.198 e. The van der Waals surface area contributed by atoms with Crippen LogP contribution in [0.15, 0.2) is 145 Å². The first kappa shape index (κ1) is 32.3. The summed E-state index contributed by atoms with van der Waals surface area (Å²) in [5, 5.41) is 7.91. The van der Waals surface area contributed by atoms with Crippen LogP contribution < -0.4 is 26.5 Å². The SMILES string of the molecule is COC1(OC)C=CC=C(P(c2ccc(C)cc2)c2ccc(C)cc2)C1c1ccccc1P(c1ccc(C)cc1)c1ccc(C)cc1. The van der Waals surface area contributed by atoms with Crippen LogP contribution in [0.25, 0.3) is 0 Å². The molecule has 4 heteroatoms. The van der Waals surface area contributed by atoms with Gasteiger partial charge in [0.15, 0.2) is 5.79 Å².